The molecule has 2 aromatic carbocycles. The molecule has 42 heavy (non-hydrogen) atoms. The van der Waals surface area contributed by atoms with Crippen LogP contribution >= 0.6 is 11.6 Å². The van der Waals surface area contributed by atoms with E-state index in [0.29, 0.717) is 12.8 Å². The molecule has 1 saturated heterocycles. The van der Waals surface area contributed by atoms with E-state index < -0.39 is 70.4 Å². The Bertz CT molecular complexity index is 1520. The maximum absolute atomic E-state index is 13.2. The lowest BCUT2D eigenvalue weighted by Gasteiger charge is -2.35. The topological polar surface area (TPSA) is 88.6 Å². The van der Waals surface area contributed by atoms with Gasteiger partial charge in [0.25, 0.3) is 5.91 Å². The van der Waals surface area contributed by atoms with Gasteiger partial charge in [0.15, 0.2) is 19.7 Å². The lowest BCUT2D eigenvalue weighted by molar-refractivity contribution is -0.143. The van der Waals surface area contributed by atoms with E-state index in [4.69, 9.17) is 11.6 Å². The largest absolute Gasteiger partial charge is 0.416 e. The molecule has 0 radical (unpaired) electrons. The van der Waals surface area contributed by atoms with Gasteiger partial charge in [0.1, 0.15) is 0 Å². The number of nitrogens with zero attached hydrogens (tertiary/aromatic N) is 1. The number of benzene rings is 2. The second-order valence-electron chi connectivity index (χ2n) is 11.4. The summed E-state index contributed by atoms with van der Waals surface area (Å²) in [5.74, 6) is -2.06. The number of piperidine rings is 1. The molecule has 0 aromatic heterocycles. The second kappa shape index (κ2) is 11.6. The second-order valence-corrected chi connectivity index (χ2v) is 16.5. The average molecular weight is 662 g/mol. The Labute approximate surface area is 245 Å². The molecule has 1 aliphatic heterocycles. The summed E-state index contributed by atoms with van der Waals surface area (Å²) >= 11 is 6.27. The minimum atomic E-state index is -5.18. The van der Waals surface area contributed by atoms with Gasteiger partial charge < -0.3 is 4.90 Å². The molecule has 1 fully saturated rings. The van der Waals surface area contributed by atoms with Crippen LogP contribution in [0.4, 0.5) is 26.3 Å². The number of alkyl halides is 6. The van der Waals surface area contributed by atoms with Crippen LogP contribution in [0.25, 0.3) is 0 Å². The van der Waals surface area contributed by atoms with Crippen LogP contribution in [-0.4, -0.2) is 51.2 Å². The maximum Gasteiger partial charge on any atom is 0.416 e. The fourth-order valence-electron chi connectivity index (χ4n) is 4.72. The predicted octanol–water partition coefficient (Wildman–Crippen LogP) is 6.91. The van der Waals surface area contributed by atoms with Gasteiger partial charge in [0, 0.05) is 13.1 Å². The minimum Gasteiger partial charge on any atom is -0.339 e. The van der Waals surface area contributed by atoms with Crippen molar-refractivity contribution in [3.63, 3.8) is 0 Å². The molecule has 1 atom stereocenters. The van der Waals surface area contributed by atoms with E-state index >= 15 is 0 Å². The summed E-state index contributed by atoms with van der Waals surface area (Å²) in [6.45, 7) is 6.52. The first kappa shape index (κ1) is 34.2. The summed E-state index contributed by atoms with van der Waals surface area (Å²) < 4.78 is 130. The van der Waals surface area contributed by atoms with E-state index in [2.05, 4.69) is 0 Å². The van der Waals surface area contributed by atoms with Gasteiger partial charge in [0.2, 0.25) is 0 Å². The number of carbonyl (C=O) groups is 1. The molecule has 0 spiro atoms. The molecule has 0 saturated carbocycles. The number of hydrogen-bond acceptors (Lipinski definition) is 5. The zero-order valence-electron chi connectivity index (χ0n) is 23.1. The van der Waals surface area contributed by atoms with Crippen molar-refractivity contribution in [1.29, 1.82) is 0 Å². The molecule has 0 bridgehead atoms. The maximum atomic E-state index is 13.2. The first-order valence-corrected chi connectivity index (χ1v) is 16.3. The van der Waals surface area contributed by atoms with E-state index in [1.54, 1.807) is 6.92 Å². The van der Waals surface area contributed by atoms with Crippen LogP contribution in [0.2, 0.25) is 5.02 Å². The van der Waals surface area contributed by atoms with E-state index in [-0.39, 0.29) is 52.7 Å². The standard InChI is InChI=1S/C27H30ClF6NO5S2/c1-16(15-41(37,38)21-12-18(26(29,30)31)11-19(13-21)27(32,33)34)17-7-9-35(10-8-17)24(36)22-6-5-20(14-23(22)28)42(39,40)25(2,3)4/h5-6,11-14,16-17H,7-10,15H2,1-4H3. The number of halogens is 7. The fourth-order valence-corrected chi connectivity index (χ4v) is 8.04. The van der Waals surface area contributed by atoms with E-state index in [1.807, 2.05) is 0 Å². The monoisotopic (exact) mass is 661 g/mol. The third kappa shape index (κ3) is 7.42. The minimum absolute atomic E-state index is 0.0339. The number of rotatable bonds is 6. The van der Waals surface area contributed by atoms with Crippen molar-refractivity contribution >= 4 is 37.2 Å². The average Bonchev–Trinajstić information content (AvgIpc) is 2.86. The summed E-state index contributed by atoms with van der Waals surface area (Å²) in [6, 6.07) is 4.14. The lowest BCUT2D eigenvalue weighted by Crippen LogP contribution is -2.40. The van der Waals surface area contributed by atoms with Gasteiger partial charge in [-0.05, 0) is 81.8 Å². The molecule has 2 aromatic rings. The highest BCUT2D eigenvalue weighted by Gasteiger charge is 2.39. The molecular weight excluding hydrogens is 632 g/mol. The lowest BCUT2D eigenvalue weighted by atomic mass is 9.86. The zero-order chi connectivity index (χ0) is 32.1. The van der Waals surface area contributed by atoms with Crippen LogP contribution in [0.3, 0.4) is 0 Å². The Kier molecular flexibility index (Phi) is 9.47. The van der Waals surface area contributed by atoms with Gasteiger partial charge in [-0.1, -0.05) is 18.5 Å². The zero-order valence-corrected chi connectivity index (χ0v) is 25.5. The molecule has 6 nitrogen and oxygen atoms in total. The fraction of sp³-hybridized carbons (Fsp3) is 0.519. The predicted molar refractivity (Wildman–Crippen MR) is 145 cm³/mol. The molecule has 0 aliphatic carbocycles. The molecule has 3 rings (SSSR count). The number of hydrogen-bond donors (Lipinski definition) is 0. The number of likely N-dealkylation sites (tertiary alicyclic amines) is 1. The van der Waals surface area contributed by atoms with Crippen molar-refractivity contribution in [1.82, 2.24) is 4.90 Å². The summed E-state index contributed by atoms with van der Waals surface area (Å²) in [5, 5.41) is -0.0498. The Morgan fingerprint density at radius 2 is 1.38 bits per heavy atom. The molecule has 15 heteroatoms. The molecular formula is C27H30ClF6NO5S2. The van der Waals surface area contributed by atoms with Crippen molar-refractivity contribution in [2.45, 2.75) is 67.4 Å². The Hall–Kier alpha value is -2.32. The van der Waals surface area contributed by atoms with Crippen molar-refractivity contribution in [2.24, 2.45) is 11.8 Å². The van der Waals surface area contributed by atoms with E-state index in [0.717, 1.165) is 0 Å². The molecule has 0 N–H and O–H groups in total. The number of sulfone groups is 2. The van der Waals surface area contributed by atoms with Crippen LogP contribution in [-0.2, 0) is 32.0 Å². The van der Waals surface area contributed by atoms with Crippen molar-refractivity contribution in [2.75, 3.05) is 18.8 Å². The molecule has 1 aliphatic rings. The first-order valence-electron chi connectivity index (χ1n) is 12.8. The Balaban J connectivity index is 1.72. The van der Waals surface area contributed by atoms with Gasteiger partial charge in [-0.25, -0.2) is 16.8 Å². The highest BCUT2D eigenvalue weighted by molar-refractivity contribution is 7.92. The smallest absolute Gasteiger partial charge is 0.339 e. The normalized spacial score (nSPS) is 16.9. The molecule has 234 valence electrons. The van der Waals surface area contributed by atoms with Gasteiger partial charge in [-0.15, -0.1) is 0 Å². The van der Waals surface area contributed by atoms with E-state index in [1.165, 1.54) is 43.9 Å². The molecule has 1 unspecified atom stereocenters. The van der Waals surface area contributed by atoms with Crippen molar-refractivity contribution < 1.29 is 48.0 Å². The summed E-state index contributed by atoms with van der Waals surface area (Å²) in [6.07, 6.45) is -9.71. The van der Waals surface area contributed by atoms with Gasteiger partial charge in [0.05, 0.1) is 42.0 Å². The van der Waals surface area contributed by atoms with Gasteiger partial charge >= 0.3 is 12.4 Å². The number of carbonyl (C=O) groups excluding carboxylic acids is 1. The van der Waals surface area contributed by atoms with Crippen LogP contribution < -0.4 is 0 Å². The van der Waals surface area contributed by atoms with Crippen LogP contribution in [0.1, 0.15) is 62.0 Å². The van der Waals surface area contributed by atoms with Crippen molar-refractivity contribution in [3.8, 4) is 0 Å². The van der Waals surface area contributed by atoms with E-state index in [9.17, 15) is 48.0 Å². The van der Waals surface area contributed by atoms with Gasteiger partial charge in [-0.3, -0.25) is 4.79 Å². The first-order chi connectivity index (χ1) is 18.9. The summed E-state index contributed by atoms with van der Waals surface area (Å²) in [5.41, 5.74) is -3.33. The third-order valence-electron chi connectivity index (χ3n) is 7.32. The summed E-state index contributed by atoms with van der Waals surface area (Å²) in [4.78, 5) is 13.5. The van der Waals surface area contributed by atoms with Gasteiger partial charge in [-0.2, -0.15) is 26.3 Å². The van der Waals surface area contributed by atoms with Crippen LogP contribution in [0.15, 0.2) is 46.2 Å². The van der Waals surface area contributed by atoms with Crippen molar-refractivity contribution in [3.05, 3.63) is 58.1 Å². The Morgan fingerprint density at radius 3 is 1.81 bits per heavy atom. The highest BCUT2D eigenvalue weighted by Crippen LogP contribution is 2.38. The molecule has 1 amide bonds. The van der Waals surface area contributed by atoms with Crippen LogP contribution in [0.5, 0.6) is 0 Å². The third-order valence-corrected chi connectivity index (χ3v) is 12.0. The SMILES string of the molecule is CC(CS(=O)(=O)c1cc(C(F)(F)F)cc(C(F)(F)F)c1)C1CCN(C(=O)c2ccc(S(=O)(=O)C(C)(C)C)cc2Cl)CC1. The highest BCUT2D eigenvalue weighted by atomic mass is 35.5. The Morgan fingerprint density at radius 1 is 0.881 bits per heavy atom. The number of amides is 1. The summed E-state index contributed by atoms with van der Waals surface area (Å²) in [7, 11) is -8.23. The quantitative estimate of drug-likeness (QED) is 0.314. The molecule has 1 heterocycles. The van der Waals surface area contributed by atoms with Crippen LogP contribution in [0, 0.1) is 11.8 Å².